The molecule has 0 aliphatic heterocycles. The van der Waals surface area contributed by atoms with Crippen molar-refractivity contribution in [1.82, 2.24) is 0 Å². The molecule has 1 nitrogen and oxygen atoms in total. The molecule has 0 amide bonds. The summed E-state index contributed by atoms with van der Waals surface area (Å²) in [6.45, 7) is 0. The quantitative estimate of drug-likeness (QED) is 0.449. The van der Waals surface area contributed by atoms with Gasteiger partial charge in [-0.05, 0) is 44.1 Å². The Bertz CT molecular complexity index is 319. The molecule has 2 rings (SSSR count). The monoisotopic (exact) mass is 193 g/mol. The lowest BCUT2D eigenvalue weighted by molar-refractivity contribution is 0.716. The zero-order valence-electron chi connectivity index (χ0n) is 7.77. The fraction of sp³-hybridized carbons (Fsp3) is 0.545. The molecule has 0 atom stereocenters. The van der Waals surface area contributed by atoms with Gasteiger partial charge < -0.3 is 5.73 Å². The topological polar surface area (TPSA) is 26.0 Å². The molecule has 2 heteroatoms. The van der Waals surface area contributed by atoms with Crippen molar-refractivity contribution < 1.29 is 0 Å². The van der Waals surface area contributed by atoms with Crippen LogP contribution in [-0.2, 0) is 0 Å². The van der Waals surface area contributed by atoms with Crippen molar-refractivity contribution in [3.05, 3.63) is 27.5 Å². The molecule has 0 saturated carbocycles. The molecular weight excluding hydrogens is 178 g/mol. The van der Waals surface area contributed by atoms with Crippen LogP contribution in [0.1, 0.15) is 38.5 Å². The highest BCUT2D eigenvalue weighted by molar-refractivity contribution is 7.84. The van der Waals surface area contributed by atoms with E-state index in [0.717, 1.165) is 29.9 Å². The van der Waals surface area contributed by atoms with Crippen molar-refractivity contribution in [1.29, 1.82) is 0 Å². The summed E-state index contributed by atoms with van der Waals surface area (Å²) in [4.78, 5) is 1.06. The van der Waals surface area contributed by atoms with Crippen LogP contribution in [0.4, 0.5) is 0 Å². The lowest BCUT2D eigenvalue weighted by Crippen LogP contribution is -2.02. The number of allylic oxidation sites excluding steroid dienone is 2. The number of thiol groups is 1. The summed E-state index contributed by atoms with van der Waals surface area (Å²) in [5, 5.41) is 0. The maximum absolute atomic E-state index is 5.99. The van der Waals surface area contributed by atoms with E-state index in [4.69, 9.17) is 5.73 Å². The van der Waals surface area contributed by atoms with Crippen LogP contribution in [0.15, 0.2) is 27.5 Å². The minimum absolute atomic E-state index is 0.889. The molecule has 2 bridgehead atoms. The van der Waals surface area contributed by atoms with Crippen molar-refractivity contribution >= 4 is 12.6 Å². The maximum Gasteiger partial charge on any atom is 0.0519 e. The van der Waals surface area contributed by atoms with Crippen molar-refractivity contribution in [3.63, 3.8) is 0 Å². The first-order valence-corrected chi connectivity index (χ1v) is 5.37. The van der Waals surface area contributed by atoms with Gasteiger partial charge in [0.05, 0.1) is 5.70 Å². The molecule has 0 aromatic rings. The normalized spacial score (nSPS) is 23.2. The molecule has 0 fully saturated rings. The van der Waals surface area contributed by atoms with E-state index in [2.05, 4.69) is 18.4 Å². The Morgan fingerprint density at radius 3 is 2.69 bits per heavy atom. The number of rotatable bonds is 0. The standard InChI is InChI=1S/C11H15NS/c12-11-9-4-2-1-3-8(7-9)5-6-10(11)13/h13H,1-6,12H2. The predicted octanol–water partition coefficient (Wildman–Crippen LogP) is 2.91. The van der Waals surface area contributed by atoms with E-state index in [1.54, 1.807) is 0 Å². The van der Waals surface area contributed by atoms with Crippen LogP contribution in [-0.4, -0.2) is 0 Å². The summed E-state index contributed by atoms with van der Waals surface area (Å²) in [5.74, 6) is 0. The third kappa shape index (κ3) is 1.84. The number of nitrogens with two attached hydrogens (primary N) is 1. The van der Waals surface area contributed by atoms with Gasteiger partial charge in [0.15, 0.2) is 0 Å². The zero-order valence-corrected chi connectivity index (χ0v) is 8.66. The average molecular weight is 193 g/mol. The second-order valence-corrected chi connectivity index (χ2v) is 4.31. The Labute approximate surface area is 84.8 Å². The molecule has 2 aliphatic rings. The van der Waals surface area contributed by atoms with Crippen LogP contribution in [0, 0.1) is 0 Å². The van der Waals surface area contributed by atoms with Gasteiger partial charge in [0, 0.05) is 10.5 Å². The van der Waals surface area contributed by atoms with Gasteiger partial charge in [-0.3, -0.25) is 0 Å². The van der Waals surface area contributed by atoms with Gasteiger partial charge in [-0.25, -0.2) is 0 Å². The molecule has 2 aliphatic carbocycles. The Morgan fingerprint density at radius 1 is 1.08 bits per heavy atom. The van der Waals surface area contributed by atoms with Crippen LogP contribution in [0.3, 0.4) is 0 Å². The smallest absolute Gasteiger partial charge is 0.0519 e. The van der Waals surface area contributed by atoms with Crippen LogP contribution < -0.4 is 5.73 Å². The van der Waals surface area contributed by atoms with Gasteiger partial charge in [-0.1, -0.05) is 0 Å². The summed E-state index contributed by atoms with van der Waals surface area (Å²) >= 11 is 4.42. The third-order valence-electron chi connectivity index (χ3n) is 2.78. The highest BCUT2D eigenvalue weighted by Gasteiger charge is 2.14. The minimum atomic E-state index is 0.889. The highest BCUT2D eigenvalue weighted by atomic mass is 32.1. The molecule has 0 heterocycles. The van der Waals surface area contributed by atoms with Gasteiger partial charge >= 0.3 is 0 Å². The molecular formula is C11H15NS. The molecule has 0 saturated heterocycles. The molecule has 13 heavy (non-hydrogen) atoms. The molecule has 0 aromatic heterocycles. The number of hydrogen-bond acceptors (Lipinski definition) is 2. The van der Waals surface area contributed by atoms with Crippen LogP contribution in [0.5, 0.6) is 0 Å². The SMILES string of the molecule is NC1=C(S)CCC2=C=C1CCCC2. The largest absolute Gasteiger partial charge is 0.397 e. The van der Waals surface area contributed by atoms with E-state index < -0.39 is 0 Å². The molecule has 2 N–H and O–H groups in total. The minimum Gasteiger partial charge on any atom is -0.397 e. The maximum atomic E-state index is 5.99. The van der Waals surface area contributed by atoms with Crippen molar-refractivity contribution in [2.24, 2.45) is 5.73 Å². The Kier molecular flexibility index (Phi) is 2.52. The zero-order chi connectivity index (χ0) is 9.26. The molecule has 0 radical (unpaired) electrons. The van der Waals surface area contributed by atoms with Gasteiger partial charge in [-0.2, -0.15) is 0 Å². The summed E-state index contributed by atoms with van der Waals surface area (Å²) in [5.41, 5.74) is 13.0. The average Bonchev–Trinajstić information content (AvgIpc) is 2.43. The Hall–Kier alpha value is -0.590. The first-order valence-electron chi connectivity index (χ1n) is 4.93. The Morgan fingerprint density at radius 2 is 1.85 bits per heavy atom. The molecule has 70 valence electrons. The van der Waals surface area contributed by atoms with Gasteiger partial charge in [0.25, 0.3) is 0 Å². The molecule has 0 unspecified atom stereocenters. The lowest BCUT2D eigenvalue weighted by Gasteiger charge is -2.08. The fourth-order valence-corrected chi connectivity index (χ4v) is 2.19. The van der Waals surface area contributed by atoms with E-state index in [-0.39, 0.29) is 0 Å². The van der Waals surface area contributed by atoms with E-state index in [1.165, 1.54) is 30.4 Å². The highest BCUT2D eigenvalue weighted by Crippen LogP contribution is 2.30. The molecule has 0 spiro atoms. The van der Waals surface area contributed by atoms with Crippen LogP contribution in [0.2, 0.25) is 0 Å². The van der Waals surface area contributed by atoms with Gasteiger partial charge in [0.1, 0.15) is 0 Å². The fourth-order valence-electron chi connectivity index (χ4n) is 1.95. The predicted molar refractivity (Wildman–Crippen MR) is 58.4 cm³/mol. The van der Waals surface area contributed by atoms with E-state index in [0.29, 0.717) is 0 Å². The third-order valence-corrected chi connectivity index (χ3v) is 3.25. The first-order chi connectivity index (χ1) is 6.27. The number of hydrogen-bond donors (Lipinski definition) is 2. The second kappa shape index (κ2) is 3.65. The van der Waals surface area contributed by atoms with E-state index >= 15 is 0 Å². The van der Waals surface area contributed by atoms with Crippen molar-refractivity contribution in [2.75, 3.05) is 0 Å². The summed E-state index contributed by atoms with van der Waals surface area (Å²) in [7, 11) is 0. The Balaban J connectivity index is 2.43. The van der Waals surface area contributed by atoms with E-state index in [9.17, 15) is 0 Å². The first kappa shape index (κ1) is 8.98. The van der Waals surface area contributed by atoms with Gasteiger partial charge in [0.2, 0.25) is 0 Å². The lowest BCUT2D eigenvalue weighted by atomic mass is 10.0. The van der Waals surface area contributed by atoms with Crippen molar-refractivity contribution in [2.45, 2.75) is 38.5 Å². The van der Waals surface area contributed by atoms with Crippen LogP contribution >= 0.6 is 12.6 Å². The van der Waals surface area contributed by atoms with Crippen LogP contribution in [0.25, 0.3) is 0 Å². The van der Waals surface area contributed by atoms with Gasteiger partial charge in [-0.15, -0.1) is 18.4 Å². The van der Waals surface area contributed by atoms with E-state index in [1.807, 2.05) is 0 Å². The molecule has 0 aromatic carbocycles. The summed E-state index contributed by atoms with van der Waals surface area (Å²) in [6, 6.07) is 0. The summed E-state index contributed by atoms with van der Waals surface area (Å²) < 4.78 is 0. The van der Waals surface area contributed by atoms with Crippen molar-refractivity contribution in [3.8, 4) is 0 Å². The summed E-state index contributed by atoms with van der Waals surface area (Å²) in [6.07, 6.45) is 6.93. The second-order valence-electron chi connectivity index (χ2n) is 3.77.